The molecule has 0 spiro atoms. The number of esters is 1. The fourth-order valence-electron chi connectivity index (χ4n) is 4.90. The highest BCUT2D eigenvalue weighted by Gasteiger charge is 2.31. The number of alkyl halides is 3. The summed E-state index contributed by atoms with van der Waals surface area (Å²) in [6, 6.07) is 15.4. The van der Waals surface area contributed by atoms with Gasteiger partial charge in [0.15, 0.2) is 0 Å². The number of fused-ring (bicyclic) bond motifs is 1. The minimum Gasteiger partial charge on any atom is -0.457 e. The van der Waals surface area contributed by atoms with Gasteiger partial charge in [0.2, 0.25) is 6.79 Å². The normalized spacial score (nSPS) is 11.6. The van der Waals surface area contributed by atoms with Crippen molar-refractivity contribution in [2.24, 2.45) is 5.92 Å². The molecule has 0 aliphatic carbocycles. The van der Waals surface area contributed by atoms with Gasteiger partial charge in [-0.25, -0.2) is 0 Å². The Morgan fingerprint density at radius 3 is 2.11 bits per heavy atom. The SMILES string of the molecule is CCCC(CCC)C(=O)OCOc1c(-c2ccc(Oc3ccc(OC(F)(F)F)cc3)cc2)c(C)nc2cc(CO)c(Cl)cc12. The van der Waals surface area contributed by atoms with Crippen molar-refractivity contribution < 1.29 is 42.0 Å². The van der Waals surface area contributed by atoms with Gasteiger partial charge in [-0.3, -0.25) is 9.78 Å². The lowest BCUT2D eigenvalue weighted by Crippen LogP contribution is -2.20. The smallest absolute Gasteiger partial charge is 0.457 e. The van der Waals surface area contributed by atoms with Crippen LogP contribution in [0.2, 0.25) is 5.02 Å². The Hall–Kier alpha value is -4.02. The van der Waals surface area contributed by atoms with Crippen molar-refractivity contribution in [3.63, 3.8) is 0 Å². The van der Waals surface area contributed by atoms with Gasteiger partial charge in [-0.2, -0.15) is 0 Å². The molecule has 0 radical (unpaired) electrons. The summed E-state index contributed by atoms with van der Waals surface area (Å²) in [5, 5.41) is 10.6. The second-order valence-electron chi connectivity index (χ2n) is 10.2. The predicted octanol–water partition coefficient (Wildman–Crippen LogP) is 9.14. The molecule has 1 heterocycles. The number of ether oxygens (including phenoxy) is 4. The topological polar surface area (TPSA) is 87.1 Å². The van der Waals surface area contributed by atoms with Crippen molar-refractivity contribution in [2.75, 3.05) is 6.79 Å². The van der Waals surface area contributed by atoms with Crippen LogP contribution >= 0.6 is 11.6 Å². The number of rotatable bonds is 13. The van der Waals surface area contributed by atoms with Crippen molar-refractivity contribution in [2.45, 2.75) is 59.4 Å². The molecule has 7 nitrogen and oxygen atoms in total. The van der Waals surface area contributed by atoms with Gasteiger partial charge >= 0.3 is 12.3 Å². The average molecular weight is 632 g/mol. The van der Waals surface area contributed by atoms with E-state index in [1.807, 2.05) is 20.8 Å². The molecule has 4 aromatic rings. The Bertz CT molecular complexity index is 1570. The molecule has 3 aromatic carbocycles. The van der Waals surface area contributed by atoms with Gasteiger partial charge in [0, 0.05) is 21.7 Å². The first-order valence-electron chi connectivity index (χ1n) is 14.2. The van der Waals surface area contributed by atoms with E-state index in [9.17, 15) is 23.1 Å². The van der Waals surface area contributed by atoms with E-state index >= 15 is 0 Å². The summed E-state index contributed by atoms with van der Waals surface area (Å²) >= 11 is 6.44. The molecule has 0 saturated heterocycles. The zero-order chi connectivity index (χ0) is 31.9. The maximum absolute atomic E-state index is 12.8. The summed E-state index contributed by atoms with van der Waals surface area (Å²) in [7, 11) is 0. The highest BCUT2D eigenvalue weighted by molar-refractivity contribution is 6.32. The van der Waals surface area contributed by atoms with Crippen LogP contribution in [0.15, 0.2) is 60.7 Å². The third kappa shape index (κ3) is 8.33. The molecule has 0 fully saturated rings. The van der Waals surface area contributed by atoms with Crippen molar-refractivity contribution in [1.82, 2.24) is 4.98 Å². The number of carbonyl (C=O) groups is 1. The molecule has 4 rings (SSSR count). The van der Waals surface area contributed by atoms with Crippen LogP contribution in [0, 0.1) is 12.8 Å². The lowest BCUT2D eigenvalue weighted by atomic mass is 9.99. The van der Waals surface area contributed by atoms with E-state index in [0.717, 1.165) is 43.4 Å². The summed E-state index contributed by atoms with van der Waals surface area (Å²) in [5.74, 6) is 0.296. The van der Waals surface area contributed by atoms with Crippen LogP contribution in [0.5, 0.6) is 23.0 Å². The number of aliphatic hydroxyl groups excluding tert-OH is 1. The lowest BCUT2D eigenvalue weighted by Gasteiger charge is -2.19. The van der Waals surface area contributed by atoms with E-state index in [0.29, 0.717) is 50.0 Å². The average Bonchev–Trinajstić information content (AvgIpc) is 2.98. The first-order valence-corrected chi connectivity index (χ1v) is 14.6. The number of hydrogen-bond acceptors (Lipinski definition) is 7. The number of pyridine rings is 1. The largest absolute Gasteiger partial charge is 0.573 e. The highest BCUT2D eigenvalue weighted by Crippen LogP contribution is 2.41. The summed E-state index contributed by atoms with van der Waals surface area (Å²) in [6.45, 7) is 5.28. The molecule has 0 saturated carbocycles. The first-order chi connectivity index (χ1) is 21.0. The van der Waals surface area contributed by atoms with Crippen LogP contribution in [-0.2, 0) is 16.1 Å². The summed E-state index contributed by atoms with van der Waals surface area (Å²) in [6.07, 6.45) is -1.59. The van der Waals surface area contributed by atoms with Crippen LogP contribution in [0.25, 0.3) is 22.0 Å². The standard InChI is InChI=1S/C33H33ClF3NO6/c1-4-6-22(7-5-2)32(40)42-19-41-31-27-17-28(34)23(18-39)16-29(27)38-20(3)30(31)21-8-10-24(11-9-21)43-25-12-14-26(15-13-25)44-33(35,36)37/h8-17,22,39H,4-7,18-19H2,1-3H3. The second-order valence-corrected chi connectivity index (χ2v) is 10.6. The van der Waals surface area contributed by atoms with Gasteiger partial charge in [-0.05, 0) is 79.4 Å². The number of benzene rings is 3. The minimum absolute atomic E-state index is 0.202. The first kappa shape index (κ1) is 32.9. The number of carbonyl (C=O) groups excluding carboxylic acids is 1. The molecular formula is C33H33ClF3NO6. The third-order valence-electron chi connectivity index (χ3n) is 6.90. The van der Waals surface area contributed by atoms with Crippen LogP contribution in [0.1, 0.15) is 50.8 Å². The number of nitrogens with zero attached hydrogens (tertiary/aromatic N) is 1. The van der Waals surface area contributed by atoms with Crippen molar-refractivity contribution in [3.8, 4) is 34.1 Å². The number of aryl methyl sites for hydroxylation is 1. The molecular weight excluding hydrogens is 599 g/mol. The van der Waals surface area contributed by atoms with E-state index in [4.69, 9.17) is 30.8 Å². The Kier molecular flexibility index (Phi) is 10.9. The summed E-state index contributed by atoms with van der Waals surface area (Å²) < 4.78 is 58.7. The zero-order valence-corrected chi connectivity index (χ0v) is 25.3. The van der Waals surface area contributed by atoms with Gasteiger partial charge in [-0.1, -0.05) is 50.4 Å². The van der Waals surface area contributed by atoms with Crippen LogP contribution in [0.4, 0.5) is 13.2 Å². The van der Waals surface area contributed by atoms with E-state index < -0.39 is 6.36 Å². The van der Waals surface area contributed by atoms with Crippen LogP contribution in [0.3, 0.4) is 0 Å². The maximum Gasteiger partial charge on any atom is 0.573 e. The van der Waals surface area contributed by atoms with Crippen LogP contribution in [-0.4, -0.2) is 29.2 Å². The second kappa shape index (κ2) is 14.6. The highest BCUT2D eigenvalue weighted by atomic mass is 35.5. The molecule has 1 N–H and O–H groups in total. The van der Waals surface area contributed by atoms with Crippen molar-refractivity contribution in [1.29, 1.82) is 0 Å². The molecule has 44 heavy (non-hydrogen) atoms. The van der Waals surface area contributed by atoms with Gasteiger partial charge < -0.3 is 24.1 Å². The van der Waals surface area contributed by atoms with E-state index in [1.54, 1.807) is 36.4 Å². The molecule has 0 unspecified atom stereocenters. The lowest BCUT2D eigenvalue weighted by molar-refractivity contribution is -0.274. The Morgan fingerprint density at radius 1 is 0.955 bits per heavy atom. The number of hydrogen-bond donors (Lipinski definition) is 1. The number of aromatic nitrogens is 1. The van der Waals surface area contributed by atoms with E-state index in [1.165, 1.54) is 12.1 Å². The fraction of sp³-hybridized carbons (Fsp3) is 0.333. The van der Waals surface area contributed by atoms with E-state index in [-0.39, 0.29) is 31.0 Å². The fourth-order valence-corrected chi connectivity index (χ4v) is 5.13. The van der Waals surface area contributed by atoms with E-state index in [2.05, 4.69) is 4.74 Å². The Labute approximate surface area is 258 Å². The quantitative estimate of drug-likeness (QED) is 0.116. The molecule has 0 aliphatic rings. The zero-order valence-electron chi connectivity index (χ0n) is 24.5. The van der Waals surface area contributed by atoms with Crippen molar-refractivity contribution in [3.05, 3.63) is 76.9 Å². The van der Waals surface area contributed by atoms with Gasteiger partial charge in [-0.15, -0.1) is 13.2 Å². The number of halogens is 4. The molecule has 234 valence electrons. The predicted molar refractivity (Wildman–Crippen MR) is 161 cm³/mol. The van der Waals surface area contributed by atoms with Gasteiger partial charge in [0.1, 0.15) is 23.0 Å². The Morgan fingerprint density at radius 2 is 1.55 bits per heavy atom. The molecule has 0 atom stereocenters. The monoisotopic (exact) mass is 631 g/mol. The number of aliphatic hydroxyl groups is 1. The van der Waals surface area contributed by atoms with Gasteiger partial charge in [0.25, 0.3) is 0 Å². The third-order valence-corrected chi connectivity index (χ3v) is 7.26. The molecule has 0 bridgehead atoms. The molecule has 0 aliphatic heterocycles. The van der Waals surface area contributed by atoms with Crippen LogP contribution < -0.4 is 14.2 Å². The van der Waals surface area contributed by atoms with Gasteiger partial charge in [0.05, 0.1) is 18.0 Å². The van der Waals surface area contributed by atoms with Crippen molar-refractivity contribution >= 4 is 28.5 Å². The maximum atomic E-state index is 12.8. The summed E-state index contributed by atoms with van der Waals surface area (Å²) in [5.41, 5.74) is 3.04. The Balaban J connectivity index is 1.62. The minimum atomic E-state index is -4.78. The summed E-state index contributed by atoms with van der Waals surface area (Å²) in [4.78, 5) is 17.5. The molecule has 1 aromatic heterocycles. The molecule has 11 heteroatoms. The molecule has 0 amide bonds.